The second-order valence-corrected chi connectivity index (χ2v) is 4.93. The molecule has 1 atom stereocenters. The van der Waals surface area contributed by atoms with Crippen LogP contribution in [0.25, 0.3) is 0 Å². The number of nitro groups is 1. The Morgan fingerprint density at radius 2 is 2.09 bits per heavy atom. The Bertz CT molecular complexity index is 743. The third-order valence-electron chi connectivity index (χ3n) is 3.33. The van der Waals surface area contributed by atoms with Crippen molar-refractivity contribution in [2.45, 2.75) is 20.4 Å². The molecule has 0 saturated carbocycles. The lowest BCUT2D eigenvalue weighted by molar-refractivity contribution is -0.392. The Kier molecular flexibility index (Phi) is 4.30. The van der Waals surface area contributed by atoms with E-state index in [-0.39, 0.29) is 17.9 Å². The number of benzene rings is 1. The van der Waals surface area contributed by atoms with Gasteiger partial charge in [0.05, 0.1) is 5.92 Å². The molecule has 6 nitrogen and oxygen atoms in total. The van der Waals surface area contributed by atoms with Crippen LogP contribution in [0.4, 0.5) is 14.6 Å². The lowest BCUT2D eigenvalue weighted by Crippen LogP contribution is -2.19. The van der Waals surface area contributed by atoms with Crippen molar-refractivity contribution in [1.82, 2.24) is 9.55 Å². The first-order valence-electron chi connectivity index (χ1n) is 6.47. The molecule has 2 aromatic rings. The maximum absolute atomic E-state index is 13.2. The zero-order valence-corrected chi connectivity index (χ0v) is 11.9. The smallest absolute Gasteiger partial charge is 0.342 e. The van der Waals surface area contributed by atoms with E-state index in [9.17, 15) is 23.7 Å². The molecule has 0 fully saturated rings. The molecular formula is C14H13F2N3O3. The van der Waals surface area contributed by atoms with Crippen molar-refractivity contribution in [3.63, 3.8) is 0 Å². The van der Waals surface area contributed by atoms with Gasteiger partial charge >= 0.3 is 5.82 Å². The van der Waals surface area contributed by atoms with E-state index in [0.29, 0.717) is 5.82 Å². The standard InChI is InChI=1S/C14H13F2N3O3/c1-8(7-18-9(2)17-6-13(18)19(21)22)14(20)10-3-4-11(15)12(16)5-10/h3-6,8H,7H2,1-2H3/t8-/m0/s1. The molecule has 0 radical (unpaired) electrons. The van der Waals surface area contributed by atoms with E-state index in [4.69, 9.17) is 0 Å². The Morgan fingerprint density at radius 1 is 1.41 bits per heavy atom. The molecule has 0 N–H and O–H groups in total. The van der Waals surface area contributed by atoms with Gasteiger partial charge in [0.2, 0.25) is 0 Å². The zero-order valence-electron chi connectivity index (χ0n) is 11.9. The van der Waals surface area contributed by atoms with Gasteiger partial charge in [0.1, 0.15) is 12.7 Å². The Hall–Kier alpha value is -2.64. The molecular weight excluding hydrogens is 296 g/mol. The van der Waals surface area contributed by atoms with Gasteiger partial charge in [-0.2, -0.15) is 0 Å². The summed E-state index contributed by atoms with van der Waals surface area (Å²) in [6.45, 7) is 3.18. The topological polar surface area (TPSA) is 78.0 Å². The molecule has 116 valence electrons. The van der Waals surface area contributed by atoms with Crippen LogP contribution in [0.3, 0.4) is 0 Å². The van der Waals surface area contributed by atoms with E-state index in [1.54, 1.807) is 13.8 Å². The number of carbonyl (C=O) groups is 1. The molecule has 0 aliphatic carbocycles. The lowest BCUT2D eigenvalue weighted by Gasteiger charge is -2.10. The minimum Gasteiger partial charge on any atom is -0.358 e. The molecule has 0 spiro atoms. The lowest BCUT2D eigenvalue weighted by atomic mass is 9.99. The number of hydrogen-bond donors (Lipinski definition) is 0. The van der Waals surface area contributed by atoms with Crippen molar-refractivity contribution in [2.24, 2.45) is 5.92 Å². The van der Waals surface area contributed by atoms with Crippen molar-refractivity contribution in [3.8, 4) is 0 Å². The van der Waals surface area contributed by atoms with Gasteiger partial charge in [-0.3, -0.25) is 4.79 Å². The second-order valence-electron chi connectivity index (χ2n) is 4.93. The highest BCUT2D eigenvalue weighted by molar-refractivity contribution is 5.97. The minimum absolute atomic E-state index is 0.0202. The van der Waals surface area contributed by atoms with Crippen molar-refractivity contribution >= 4 is 11.6 Å². The van der Waals surface area contributed by atoms with Crippen LogP contribution in [-0.4, -0.2) is 20.3 Å². The number of halogens is 2. The highest BCUT2D eigenvalue weighted by Crippen LogP contribution is 2.19. The van der Waals surface area contributed by atoms with E-state index in [1.807, 2.05) is 0 Å². The highest BCUT2D eigenvalue weighted by atomic mass is 19.2. The maximum atomic E-state index is 13.2. The van der Waals surface area contributed by atoms with Gasteiger partial charge in [-0.15, -0.1) is 0 Å². The minimum atomic E-state index is -1.11. The molecule has 22 heavy (non-hydrogen) atoms. The third kappa shape index (κ3) is 3.00. The third-order valence-corrected chi connectivity index (χ3v) is 3.33. The quantitative estimate of drug-likeness (QED) is 0.483. The first-order valence-corrected chi connectivity index (χ1v) is 6.47. The van der Waals surface area contributed by atoms with Crippen LogP contribution in [0.1, 0.15) is 23.1 Å². The molecule has 0 aliphatic heterocycles. The molecule has 0 amide bonds. The monoisotopic (exact) mass is 309 g/mol. The van der Waals surface area contributed by atoms with Gasteiger partial charge in [-0.05, 0) is 23.1 Å². The summed E-state index contributed by atoms with van der Waals surface area (Å²) in [7, 11) is 0. The average molecular weight is 309 g/mol. The first kappa shape index (κ1) is 15.7. The summed E-state index contributed by atoms with van der Waals surface area (Å²) in [5.74, 6) is -3.05. The van der Waals surface area contributed by atoms with Crippen molar-refractivity contribution in [1.29, 1.82) is 0 Å². The second kappa shape index (κ2) is 6.00. The molecule has 1 aromatic carbocycles. The predicted octanol–water partition coefficient (Wildman–Crippen LogP) is 2.90. The Labute approximate surface area is 124 Å². The van der Waals surface area contributed by atoms with Crippen molar-refractivity contribution < 1.29 is 18.5 Å². The Morgan fingerprint density at radius 3 is 2.68 bits per heavy atom. The van der Waals surface area contributed by atoms with E-state index in [1.165, 1.54) is 10.6 Å². The molecule has 8 heteroatoms. The van der Waals surface area contributed by atoms with Gasteiger partial charge in [-0.25, -0.2) is 18.3 Å². The van der Waals surface area contributed by atoms with Crippen LogP contribution in [0.2, 0.25) is 0 Å². The fourth-order valence-corrected chi connectivity index (χ4v) is 2.12. The van der Waals surface area contributed by atoms with Crippen LogP contribution >= 0.6 is 0 Å². The largest absolute Gasteiger partial charge is 0.358 e. The number of aromatic nitrogens is 2. The number of ketones is 1. The van der Waals surface area contributed by atoms with E-state index < -0.39 is 28.3 Å². The number of rotatable bonds is 5. The van der Waals surface area contributed by atoms with Crippen molar-refractivity contribution in [2.75, 3.05) is 0 Å². The van der Waals surface area contributed by atoms with Crippen LogP contribution in [0.15, 0.2) is 24.4 Å². The molecule has 0 saturated heterocycles. The number of aryl methyl sites for hydroxylation is 1. The number of imidazole rings is 1. The summed E-state index contributed by atoms with van der Waals surface area (Å²) >= 11 is 0. The summed E-state index contributed by atoms with van der Waals surface area (Å²) in [6.07, 6.45) is 1.12. The van der Waals surface area contributed by atoms with Gasteiger partial charge in [0, 0.05) is 12.5 Å². The molecule has 2 rings (SSSR count). The molecule has 1 aromatic heterocycles. The number of nitrogens with zero attached hydrogens (tertiary/aromatic N) is 3. The van der Waals surface area contributed by atoms with E-state index >= 15 is 0 Å². The van der Waals surface area contributed by atoms with Crippen molar-refractivity contribution in [3.05, 3.63) is 57.5 Å². The molecule has 0 aliphatic rings. The molecule has 0 bridgehead atoms. The number of carbonyl (C=O) groups excluding carboxylic acids is 1. The molecule has 1 heterocycles. The van der Waals surface area contributed by atoms with Crippen LogP contribution in [-0.2, 0) is 6.54 Å². The van der Waals surface area contributed by atoms with Crippen LogP contribution in [0.5, 0.6) is 0 Å². The maximum Gasteiger partial charge on any atom is 0.342 e. The van der Waals surface area contributed by atoms with E-state index in [2.05, 4.69) is 4.98 Å². The SMILES string of the molecule is Cc1ncc([N+](=O)[O-])n1C[C@H](C)C(=O)c1ccc(F)c(F)c1. The van der Waals surface area contributed by atoms with Gasteiger partial charge < -0.3 is 10.1 Å². The van der Waals surface area contributed by atoms with Crippen LogP contribution in [0, 0.1) is 34.6 Å². The average Bonchev–Trinajstić information content (AvgIpc) is 2.82. The predicted molar refractivity (Wildman–Crippen MR) is 73.5 cm³/mol. The Balaban J connectivity index is 2.23. The van der Waals surface area contributed by atoms with Gasteiger partial charge in [0.15, 0.2) is 23.2 Å². The van der Waals surface area contributed by atoms with Gasteiger partial charge in [-0.1, -0.05) is 6.92 Å². The summed E-state index contributed by atoms with van der Waals surface area (Å²) in [5.41, 5.74) is 0.0202. The summed E-state index contributed by atoms with van der Waals surface area (Å²) < 4.78 is 27.4. The summed E-state index contributed by atoms with van der Waals surface area (Å²) in [4.78, 5) is 26.4. The fraction of sp³-hybridized carbons (Fsp3) is 0.286. The summed E-state index contributed by atoms with van der Waals surface area (Å²) in [6, 6.07) is 2.88. The van der Waals surface area contributed by atoms with Gasteiger partial charge in [0.25, 0.3) is 0 Å². The fourth-order valence-electron chi connectivity index (χ4n) is 2.12. The highest BCUT2D eigenvalue weighted by Gasteiger charge is 2.24. The molecule has 0 unspecified atom stereocenters. The zero-order chi connectivity index (χ0) is 16.4. The number of Topliss-reactive ketones (excluding diaryl/α,β-unsaturated/α-hetero) is 1. The normalized spacial score (nSPS) is 12.2. The van der Waals surface area contributed by atoms with E-state index in [0.717, 1.165) is 18.3 Å². The summed E-state index contributed by atoms with van der Waals surface area (Å²) in [5, 5.41) is 10.9. The first-order chi connectivity index (χ1) is 10.3. The number of hydrogen-bond acceptors (Lipinski definition) is 4. The van der Waals surface area contributed by atoms with Crippen LogP contribution < -0.4 is 0 Å².